The van der Waals surface area contributed by atoms with Crippen molar-refractivity contribution in [1.29, 1.82) is 0 Å². The summed E-state index contributed by atoms with van der Waals surface area (Å²) in [5, 5.41) is 4.94. The monoisotopic (exact) mass is 195 g/mol. The van der Waals surface area contributed by atoms with Gasteiger partial charge in [-0.15, -0.1) is 0 Å². The van der Waals surface area contributed by atoms with Crippen molar-refractivity contribution >= 4 is 11.8 Å². The molecule has 0 saturated heterocycles. The fourth-order valence-electron chi connectivity index (χ4n) is 0.585. The Morgan fingerprint density at radius 1 is 0.857 bits per heavy atom. The second-order valence-corrected chi connectivity index (χ2v) is 3.09. The molecular formula is C10H15N2O2. The largest absolute Gasteiger partial charge is 0.326 e. The molecule has 0 aliphatic rings. The Morgan fingerprint density at radius 2 is 1.14 bits per heavy atom. The Labute approximate surface area is 84.1 Å². The first-order valence-electron chi connectivity index (χ1n) is 4.12. The van der Waals surface area contributed by atoms with Gasteiger partial charge in [0.25, 0.3) is 0 Å². The van der Waals surface area contributed by atoms with Crippen LogP contribution < -0.4 is 10.6 Å². The van der Waals surface area contributed by atoms with Gasteiger partial charge in [-0.2, -0.15) is 0 Å². The molecule has 4 heteroatoms. The standard InChI is InChI=1S/C10H15N2O2/c1-6(2)9(13)11-8(5)12-10(14)7(3)4/h1,3H2,2,4-5H3,(H,11,13)(H,12,14). The SMILES string of the molecule is C=C(C)C(=O)N[C](C)NC(=O)C(=C)C. The van der Waals surface area contributed by atoms with E-state index in [-0.39, 0.29) is 11.8 Å². The summed E-state index contributed by atoms with van der Waals surface area (Å²) in [6.07, 6.45) is 0.367. The third-order valence-electron chi connectivity index (χ3n) is 1.38. The molecular weight excluding hydrogens is 180 g/mol. The quantitative estimate of drug-likeness (QED) is 0.654. The highest BCUT2D eigenvalue weighted by Crippen LogP contribution is 1.94. The molecule has 0 spiro atoms. The second-order valence-electron chi connectivity index (χ2n) is 3.09. The van der Waals surface area contributed by atoms with Crippen molar-refractivity contribution in [1.82, 2.24) is 10.6 Å². The van der Waals surface area contributed by atoms with E-state index in [0.717, 1.165) is 0 Å². The van der Waals surface area contributed by atoms with E-state index in [4.69, 9.17) is 0 Å². The number of hydrogen-bond donors (Lipinski definition) is 2. The Morgan fingerprint density at radius 3 is 1.36 bits per heavy atom. The molecule has 14 heavy (non-hydrogen) atoms. The van der Waals surface area contributed by atoms with Crippen LogP contribution in [-0.2, 0) is 9.59 Å². The lowest BCUT2D eigenvalue weighted by molar-refractivity contribution is -0.118. The zero-order valence-corrected chi connectivity index (χ0v) is 8.73. The van der Waals surface area contributed by atoms with Crippen molar-refractivity contribution in [3.8, 4) is 0 Å². The highest BCUT2D eigenvalue weighted by molar-refractivity contribution is 5.95. The summed E-state index contributed by atoms with van der Waals surface area (Å²) in [5.41, 5.74) is 0.767. The molecule has 0 atom stereocenters. The second kappa shape index (κ2) is 5.21. The van der Waals surface area contributed by atoms with Gasteiger partial charge in [-0.25, -0.2) is 0 Å². The number of carbonyl (C=O) groups excluding carboxylic acids is 2. The lowest BCUT2D eigenvalue weighted by Gasteiger charge is -2.13. The highest BCUT2D eigenvalue weighted by Gasteiger charge is 2.11. The normalized spacial score (nSPS) is 9.43. The van der Waals surface area contributed by atoms with Crippen molar-refractivity contribution in [3.63, 3.8) is 0 Å². The molecule has 2 amide bonds. The highest BCUT2D eigenvalue weighted by atomic mass is 16.2. The predicted octanol–water partition coefficient (Wildman–Crippen LogP) is 0.880. The number of carbonyl (C=O) groups is 2. The van der Waals surface area contributed by atoms with E-state index in [2.05, 4.69) is 23.8 Å². The van der Waals surface area contributed by atoms with Crippen LogP contribution in [0.3, 0.4) is 0 Å². The van der Waals surface area contributed by atoms with E-state index in [9.17, 15) is 9.59 Å². The van der Waals surface area contributed by atoms with Crippen LogP contribution in [0.4, 0.5) is 0 Å². The van der Waals surface area contributed by atoms with Gasteiger partial charge in [0, 0.05) is 11.1 Å². The van der Waals surface area contributed by atoms with Crippen molar-refractivity contribution in [2.24, 2.45) is 0 Å². The predicted molar refractivity (Wildman–Crippen MR) is 54.8 cm³/mol. The van der Waals surface area contributed by atoms with Gasteiger partial charge in [-0.1, -0.05) is 13.2 Å². The maximum atomic E-state index is 11.1. The Kier molecular flexibility index (Phi) is 4.63. The molecule has 0 aromatic heterocycles. The van der Waals surface area contributed by atoms with Crippen molar-refractivity contribution in [3.05, 3.63) is 30.5 Å². The van der Waals surface area contributed by atoms with Crippen LogP contribution in [0.5, 0.6) is 0 Å². The van der Waals surface area contributed by atoms with Gasteiger partial charge in [-0.05, 0) is 20.8 Å². The molecule has 4 nitrogen and oxygen atoms in total. The first kappa shape index (κ1) is 12.4. The lowest BCUT2D eigenvalue weighted by Crippen LogP contribution is -2.39. The maximum Gasteiger partial charge on any atom is 0.248 e. The van der Waals surface area contributed by atoms with Crippen LogP contribution in [0.1, 0.15) is 20.8 Å². The van der Waals surface area contributed by atoms with Crippen LogP contribution in [0.2, 0.25) is 0 Å². The third kappa shape index (κ3) is 4.45. The van der Waals surface area contributed by atoms with E-state index in [1.807, 2.05) is 0 Å². The fraction of sp³-hybridized carbons (Fsp3) is 0.300. The third-order valence-corrected chi connectivity index (χ3v) is 1.38. The lowest BCUT2D eigenvalue weighted by atomic mass is 10.3. The minimum Gasteiger partial charge on any atom is -0.326 e. The van der Waals surface area contributed by atoms with Crippen LogP contribution in [0, 0.1) is 6.17 Å². The molecule has 0 fully saturated rings. The summed E-state index contributed by atoms with van der Waals surface area (Å²) >= 11 is 0. The summed E-state index contributed by atoms with van der Waals surface area (Å²) in [7, 11) is 0. The van der Waals surface area contributed by atoms with Gasteiger partial charge in [0.15, 0.2) is 6.17 Å². The van der Waals surface area contributed by atoms with Crippen molar-refractivity contribution < 1.29 is 9.59 Å². The number of rotatable bonds is 4. The van der Waals surface area contributed by atoms with Gasteiger partial charge in [0.1, 0.15) is 0 Å². The topological polar surface area (TPSA) is 58.2 Å². The zero-order valence-electron chi connectivity index (χ0n) is 8.73. The van der Waals surface area contributed by atoms with Gasteiger partial charge >= 0.3 is 0 Å². The van der Waals surface area contributed by atoms with Crippen LogP contribution in [-0.4, -0.2) is 11.8 Å². The molecule has 0 bridgehead atoms. The summed E-state index contributed by atoms with van der Waals surface area (Å²) in [4.78, 5) is 22.2. The van der Waals surface area contributed by atoms with Crippen LogP contribution in [0.15, 0.2) is 24.3 Å². The van der Waals surface area contributed by atoms with Crippen LogP contribution >= 0.6 is 0 Å². The summed E-state index contributed by atoms with van der Waals surface area (Å²) in [5.74, 6) is -0.631. The molecule has 0 heterocycles. The molecule has 0 aliphatic heterocycles. The molecule has 0 aliphatic carbocycles. The number of hydrogen-bond acceptors (Lipinski definition) is 2. The average Bonchev–Trinajstić information content (AvgIpc) is 2.03. The summed E-state index contributed by atoms with van der Waals surface area (Å²) < 4.78 is 0. The Bertz CT molecular complexity index is 254. The van der Waals surface area contributed by atoms with E-state index in [1.165, 1.54) is 0 Å². The fourth-order valence-corrected chi connectivity index (χ4v) is 0.585. The zero-order chi connectivity index (χ0) is 11.3. The Balaban J connectivity index is 4.05. The molecule has 2 N–H and O–H groups in total. The molecule has 0 unspecified atom stereocenters. The summed E-state index contributed by atoms with van der Waals surface area (Å²) in [6, 6.07) is 0. The molecule has 77 valence electrons. The van der Waals surface area contributed by atoms with Gasteiger partial charge in [-0.3, -0.25) is 9.59 Å². The maximum absolute atomic E-state index is 11.1. The van der Waals surface area contributed by atoms with Gasteiger partial charge in [0.05, 0.1) is 0 Å². The first-order valence-corrected chi connectivity index (χ1v) is 4.12. The molecule has 0 rings (SSSR count). The Hall–Kier alpha value is -1.58. The van der Waals surface area contributed by atoms with E-state index >= 15 is 0 Å². The number of amides is 2. The van der Waals surface area contributed by atoms with E-state index < -0.39 is 0 Å². The minimum absolute atomic E-state index is 0.315. The smallest absolute Gasteiger partial charge is 0.248 e. The first-order chi connectivity index (χ1) is 6.34. The van der Waals surface area contributed by atoms with Crippen LogP contribution in [0.25, 0.3) is 0 Å². The average molecular weight is 195 g/mol. The van der Waals surface area contributed by atoms with Gasteiger partial charge < -0.3 is 10.6 Å². The molecule has 1 radical (unpaired) electrons. The summed E-state index contributed by atoms with van der Waals surface area (Å²) in [6.45, 7) is 11.7. The van der Waals surface area contributed by atoms with Crippen molar-refractivity contribution in [2.75, 3.05) is 0 Å². The van der Waals surface area contributed by atoms with Gasteiger partial charge in [0.2, 0.25) is 11.8 Å². The van der Waals surface area contributed by atoms with E-state index in [1.54, 1.807) is 20.8 Å². The molecule has 0 saturated carbocycles. The van der Waals surface area contributed by atoms with E-state index in [0.29, 0.717) is 17.3 Å². The molecule has 0 aromatic rings. The number of nitrogens with one attached hydrogen (secondary N) is 2. The van der Waals surface area contributed by atoms with Crippen molar-refractivity contribution in [2.45, 2.75) is 20.8 Å². The minimum atomic E-state index is -0.315. The molecule has 0 aromatic carbocycles.